The summed E-state index contributed by atoms with van der Waals surface area (Å²) in [5.41, 5.74) is 0. The first kappa shape index (κ1) is 3.81. The lowest BCUT2D eigenvalue weighted by atomic mass is 10.4. The fourth-order valence-corrected chi connectivity index (χ4v) is 0.274. The van der Waals surface area contributed by atoms with Gasteiger partial charge in [-0.05, 0) is 0 Å². The molecule has 1 radical (unpaired) electrons. The highest BCUT2D eigenvalue weighted by Gasteiger charge is 2.20. The Morgan fingerprint density at radius 1 is 1.83 bits per heavy atom. The minimum atomic E-state index is 0.280. The summed E-state index contributed by atoms with van der Waals surface area (Å²) in [5.74, 6) is 0. The van der Waals surface area contributed by atoms with Crippen LogP contribution in [0.25, 0.3) is 0 Å². The largest absolute Gasteiger partial charge is 0.372 e. The van der Waals surface area contributed by atoms with Gasteiger partial charge in [-0.25, -0.2) is 0 Å². The first-order valence-electron chi connectivity index (χ1n) is 1.89. The molecule has 1 aliphatic heterocycles. The highest BCUT2D eigenvalue weighted by Crippen LogP contribution is 2.09. The Morgan fingerprint density at radius 2 is 2.50 bits per heavy atom. The van der Waals surface area contributed by atoms with E-state index in [0.29, 0.717) is 0 Å². The number of rotatable bonds is 2. The zero-order valence-electron chi connectivity index (χ0n) is 3.35. The summed E-state index contributed by atoms with van der Waals surface area (Å²) in [5, 5.41) is 6.51. The summed E-state index contributed by atoms with van der Waals surface area (Å²) in [6, 6.07) is 0. The van der Waals surface area contributed by atoms with E-state index >= 15 is 0 Å². The molecule has 2 heteroatoms. The minimum Gasteiger partial charge on any atom is -0.372 e. The number of hydrogen-bond donors (Lipinski definition) is 1. The first-order valence-corrected chi connectivity index (χ1v) is 1.89. The van der Waals surface area contributed by atoms with Gasteiger partial charge >= 0.3 is 0 Å². The van der Waals surface area contributed by atoms with Crippen LogP contribution >= 0.6 is 0 Å². The monoisotopic (exact) mass is 84.0 g/mol. The fourth-order valence-electron chi connectivity index (χ4n) is 0.274. The molecule has 33 valence electrons. The maximum Gasteiger partial charge on any atom is 0.0894 e. The third-order valence-corrected chi connectivity index (χ3v) is 0.670. The van der Waals surface area contributed by atoms with E-state index in [9.17, 15) is 0 Å². The molecule has 1 heterocycles. The molecular weight excluding hydrogens is 78.0 g/mol. The molecule has 0 aromatic carbocycles. The topological polar surface area (TPSA) is 36.4 Å². The second kappa shape index (κ2) is 1.39. The van der Waals surface area contributed by atoms with Crippen LogP contribution in [0.5, 0.6) is 0 Å². The Kier molecular flexibility index (Phi) is 0.881. The van der Waals surface area contributed by atoms with Gasteiger partial charge in [0.25, 0.3) is 0 Å². The second-order valence-corrected chi connectivity index (χ2v) is 1.23. The minimum absolute atomic E-state index is 0.280. The molecule has 1 N–H and O–H groups in total. The van der Waals surface area contributed by atoms with Gasteiger partial charge in [0.1, 0.15) is 0 Å². The van der Waals surface area contributed by atoms with E-state index in [0.717, 1.165) is 6.61 Å². The van der Waals surface area contributed by atoms with Crippen molar-refractivity contribution >= 4 is 6.21 Å². The van der Waals surface area contributed by atoms with Gasteiger partial charge in [0, 0.05) is 12.6 Å². The van der Waals surface area contributed by atoms with Crippen LogP contribution < -0.4 is 0 Å². The number of ether oxygens (including phenoxy) is 1. The van der Waals surface area contributed by atoms with E-state index in [-0.39, 0.29) is 6.10 Å². The molecule has 0 amide bonds. The van der Waals surface area contributed by atoms with Crippen molar-refractivity contribution in [3.63, 3.8) is 0 Å². The van der Waals surface area contributed by atoms with E-state index in [1.165, 1.54) is 6.21 Å². The Morgan fingerprint density at radius 3 is 2.67 bits per heavy atom. The van der Waals surface area contributed by atoms with Crippen molar-refractivity contribution in [2.24, 2.45) is 0 Å². The van der Waals surface area contributed by atoms with Gasteiger partial charge in [0.05, 0.1) is 12.7 Å². The van der Waals surface area contributed by atoms with Crippen molar-refractivity contribution in [2.45, 2.75) is 6.10 Å². The molecule has 0 aromatic rings. The van der Waals surface area contributed by atoms with E-state index < -0.39 is 0 Å². The number of nitrogens with one attached hydrogen (secondary N) is 1. The highest BCUT2D eigenvalue weighted by atomic mass is 16.6. The van der Waals surface area contributed by atoms with Crippen LogP contribution in [0.15, 0.2) is 0 Å². The van der Waals surface area contributed by atoms with Crippen LogP contribution in [0, 0.1) is 11.8 Å². The van der Waals surface area contributed by atoms with Gasteiger partial charge in [0.2, 0.25) is 0 Å². The summed E-state index contributed by atoms with van der Waals surface area (Å²) in [6.45, 7) is 0.815. The van der Waals surface area contributed by atoms with E-state index in [1.807, 2.05) is 0 Å². The van der Waals surface area contributed by atoms with Crippen molar-refractivity contribution < 1.29 is 4.74 Å². The van der Waals surface area contributed by atoms with Gasteiger partial charge in [-0.2, -0.15) is 0 Å². The van der Waals surface area contributed by atoms with Gasteiger partial charge in [0.15, 0.2) is 0 Å². The number of hydrogen-bond acceptors (Lipinski definition) is 2. The Hall–Kier alpha value is -0.370. The lowest BCUT2D eigenvalue weighted by Gasteiger charge is -1.71. The van der Waals surface area contributed by atoms with Crippen LogP contribution in [0.4, 0.5) is 0 Å². The molecule has 6 heavy (non-hydrogen) atoms. The third-order valence-electron chi connectivity index (χ3n) is 0.670. The molecule has 1 atom stereocenters. The summed E-state index contributed by atoms with van der Waals surface area (Å²) in [4.78, 5) is 0. The predicted octanol–water partition coefficient (Wildman–Crippen LogP) is 0.239. The maximum atomic E-state index is 6.51. The zero-order chi connectivity index (χ0) is 4.41. The van der Waals surface area contributed by atoms with Gasteiger partial charge in [-0.15, -0.1) is 0 Å². The highest BCUT2D eigenvalue weighted by molar-refractivity contribution is 5.65. The van der Waals surface area contributed by atoms with Crippen molar-refractivity contribution in [2.75, 3.05) is 6.61 Å². The Labute approximate surface area is 36.6 Å². The molecule has 0 saturated carbocycles. The predicted molar refractivity (Wildman–Crippen MR) is 22.8 cm³/mol. The maximum absolute atomic E-state index is 6.51. The first-order chi connectivity index (χ1) is 2.93. The molecule has 1 aliphatic rings. The summed E-state index contributed by atoms with van der Waals surface area (Å²) >= 11 is 0. The summed E-state index contributed by atoms with van der Waals surface area (Å²) in [6.07, 6.45) is 3.26. The average Bonchev–Trinajstić information content (AvgIpc) is 2.21. The molecule has 0 aliphatic carbocycles. The normalized spacial score (nSPS) is 29.7. The molecule has 0 spiro atoms. The molecule has 0 aromatic heterocycles. The molecule has 1 saturated heterocycles. The van der Waals surface area contributed by atoms with Gasteiger partial charge in [-0.1, -0.05) is 0 Å². The van der Waals surface area contributed by atoms with Crippen molar-refractivity contribution in [1.82, 2.24) is 0 Å². The molecular formula is C4H6NO. The van der Waals surface area contributed by atoms with Crippen molar-refractivity contribution in [3.8, 4) is 0 Å². The van der Waals surface area contributed by atoms with Crippen molar-refractivity contribution in [3.05, 3.63) is 6.42 Å². The van der Waals surface area contributed by atoms with Gasteiger partial charge < -0.3 is 10.1 Å². The van der Waals surface area contributed by atoms with Crippen LogP contribution in [-0.2, 0) is 4.74 Å². The Balaban J connectivity index is 2.00. The van der Waals surface area contributed by atoms with E-state index in [1.54, 1.807) is 6.42 Å². The van der Waals surface area contributed by atoms with Crippen LogP contribution in [0.2, 0.25) is 0 Å². The summed E-state index contributed by atoms with van der Waals surface area (Å²) < 4.78 is 4.74. The molecule has 1 rings (SSSR count). The molecule has 1 fully saturated rings. The average molecular weight is 84.1 g/mol. The van der Waals surface area contributed by atoms with Crippen molar-refractivity contribution in [1.29, 1.82) is 5.41 Å². The molecule has 0 bridgehead atoms. The van der Waals surface area contributed by atoms with Crippen LogP contribution in [-0.4, -0.2) is 18.9 Å². The van der Waals surface area contributed by atoms with E-state index in [2.05, 4.69) is 0 Å². The lowest BCUT2D eigenvalue weighted by molar-refractivity contribution is 0.435. The molecule has 2 nitrogen and oxygen atoms in total. The smallest absolute Gasteiger partial charge is 0.0894 e. The molecule has 1 unspecified atom stereocenters. The third kappa shape index (κ3) is 0.792. The van der Waals surface area contributed by atoms with Gasteiger partial charge in [-0.3, -0.25) is 0 Å². The quantitative estimate of drug-likeness (QED) is 0.377. The lowest BCUT2D eigenvalue weighted by Crippen LogP contribution is -1.83. The number of epoxide rings is 1. The fraction of sp³-hybridized carbons (Fsp3) is 0.500. The van der Waals surface area contributed by atoms with Crippen LogP contribution in [0.3, 0.4) is 0 Å². The zero-order valence-corrected chi connectivity index (χ0v) is 3.35. The SMILES string of the molecule is N=C[CH]C1CO1. The summed E-state index contributed by atoms with van der Waals surface area (Å²) in [7, 11) is 0. The standard InChI is InChI=1S/C4H6NO/c5-2-1-4-3-6-4/h1-2,4-5H,3H2. The van der Waals surface area contributed by atoms with Crippen LogP contribution in [0.1, 0.15) is 0 Å². The Bertz CT molecular complexity index is 58.6. The second-order valence-electron chi connectivity index (χ2n) is 1.23. The van der Waals surface area contributed by atoms with E-state index in [4.69, 9.17) is 10.1 Å².